The number of furan rings is 1. The van der Waals surface area contributed by atoms with Gasteiger partial charge in [-0.25, -0.2) is 15.8 Å². The highest BCUT2D eigenvalue weighted by Crippen LogP contribution is 2.31. The first-order chi connectivity index (χ1) is 9.99. The Kier molecular flexibility index (Phi) is 3.14. The van der Waals surface area contributed by atoms with Crippen molar-refractivity contribution in [1.29, 1.82) is 0 Å². The lowest BCUT2D eigenvalue weighted by Crippen LogP contribution is -2.17. The Bertz CT molecular complexity index is 786. The highest BCUT2D eigenvalue weighted by Gasteiger charge is 2.20. The maximum absolute atomic E-state index is 5.57. The van der Waals surface area contributed by atoms with Gasteiger partial charge in [-0.2, -0.15) is 0 Å². The van der Waals surface area contributed by atoms with E-state index in [0.717, 1.165) is 22.2 Å². The Hall–Kier alpha value is -2.40. The molecule has 0 saturated heterocycles. The van der Waals surface area contributed by atoms with Crippen LogP contribution in [0.4, 0.5) is 5.82 Å². The van der Waals surface area contributed by atoms with E-state index in [-0.39, 0.29) is 5.41 Å². The Morgan fingerprint density at radius 2 is 1.90 bits per heavy atom. The third kappa shape index (κ3) is 2.48. The molecule has 21 heavy (non-hydrogen) atoms. The van der Waals surface area contributed by atoms with Gasteiger partial charge in [-0.1, -0.05) is 39.0 Å². The van der Waals surface area contributed by atoms with E-state index in [2.05, 4.69) is 36.2 Å². The standard InChI is InChI=1S/C16H18N4O/c1-16(2,3)13-8-14(20-17)19-15(18-13)11-9-21-12-7-5-4-6-10(11)12/h4-9H,17H2,1-3H3,(H,18,19,20). The summed E-state index contributed by atoms with van der Waals surface area (Å²) in [4.78, 5) is 9.13. The lowest BCUT2D eigenvalue weighted by atomic mass is 9.92. The van der Waals surface area contributed by atoms with Gasteiger partial charge in [0, 0.05) is 16.9 Å². The zero-order valence-electron chi connectivity index (χ0n) is 12.3. The second-order valence-corrected chi connectivity index (χ2v) is 6.00. The molecule has 0 aliphatic rings. The molecule has 2 aromatic heterocycles. The normalized spacial score (nSPS) is 11.8. The van der Waals surface area contributed by atoms with Crippen molar-refractivity contribution in [2.24, 2.45) is 5.84 Å². The number of rotatable bonds is 2. The van der Waals surface area contributed by atoms with Gasteiger partial charge in [0.15, 0.2) is 5.82 Å². The minimum atomic E-state index is -0.0944. The summed E-state index contributed by atoms with van der Waals surface area (Å²) in [6.07, 6.45) is 1.69. The van der Waals surface area contributed by atoms with E-state index in [0.29, 0.717) is 11.6 Å². The lowest BCUT2D eigenvalue weighted by Gasteiger charge is -2.19. The first-order valence-electron chi connectivity index (χ1n) is 6.82. The predicted molar refractivity (Wildman–Crippen MR) is 83.8 cm³/mol. The van der Waals surface area contributed by atoms with E-state index < -0.39 is 0 Å². The number of anilines is 1. The SMILES string of the molecule is CC(C)(C)c1cc(NN)nc(-c2coc3ccccc23)n1. The Morgan fingerprint density at radius 3 is 2.62 bits per heavy atom. The summed E-state index contributed by atoms with van der Waals surface area (Å²) in [7, 11) is 0. The van der Waals surface area contributed by atoms with Crippen LogP contribution in [0.2, 0.25) is 0 Å². The number of nitrogens with one attached hydrogen (secondary N) is 1. The average molecular weight is 282 g/mol. The molecule has 0 fully saturated rings. The molecule has 0 aliphatic heterocycles. The average Bonchev–Trinajstić information content (AvgIpc) is 2.89. The molecule has 0 bridgehead atoms. The molecule has 5 heteroatoms. The smallest absolute Gasteiger partial charge is 0.165 e. The molecule has 0 spiro atoms. The van der Waals surface area contributed by atoms with Gasteiger partial charge in [0.2, 0.25) is 0 Å². The van der Waals surface area contributed by atoms with Gasteiger partial charge >= 0.3 is 0 Å². The molecule has 3 rings (SSSR count). The molecule has 0 unspecified atom stereocenters. The molecular weight excluding hydrogens is 264 g/mol. The van der Waals surface area contributed by atoms with Crippen molar-refractivity contribution in [3.8, 4) is 11.4 Å². The molecule has 2 heterocycles. The first-order valence-corrected chi connectivity index (χ1v) is 6.82. The molecule has 0 saturated carbocycles. The number of nitrogen functional groups attached to an aromatic ring is 1. The Labute approximate surface area is 123 Å². The molecule has 0 amide bonds. The van der Waals surface area contributed by atoms with Crippen LogP contribution < -0.4 is 11.3 Å². The van der Waals surface area contributed by atoms with E-state index in [9.17, 15) is 0 Å². The van der Waals surface area contributed by atoms with E-state index in [1.54, 1.807) is 6.26 Å². The van der Waals surface area contributed by atoms with Crippen molar-refractivity contribution in [3.05, 3.63) is 42.3 Å². The van der Waals surface area contributed by atoms with E-state index in [1.807, 2.05) is 30.3 Å². The van der Waals surface area contributed by atoms with E-state index in [1.165, 1.54) is 0 Å². The van der Waals surface area contributed by atoms with Crippen LogP contribution >= 0.6 is 0 Å². The molecule has 5 nitrogen and oxygen atoms in total. The van der Waals surface area contributed by atoms with Crippen molar-refractivity contribution in [2.75, 3.05) is 5.43 Å². The van der Waals surface area contributed by atoms with Crippen LogP contribution in [0, 0.1) is 0 Å². The Balaban J connectivity index is 2.22. The highest BCUT2D eigenvalue weighted by atomic mass is 16.3. The summed E-state index contributed by atoms with van der Waals surface area (Å²) in [5.74, 6) is 6.74. The summed E-state index contributed by atoms with van der Waals surface area (Å²) in [5, 5.41) is 0.992. The fourth-order valence-corrected chi connectivity index (χ4v) is 2.18. The third-order valence-electron chi connectivity index (χ3n) is 3.36. The van der Waals surface area contributed by atoms with Crippen LogP contribution in [0.3, 0.4) is 0 Å². The second kappa shape index (κ2) is 4.86. The van der Waals surface area contributed by atoms with Gasteiger partial charge < -0.3 is 9.84 Å². The van der Waals surface area contributed by atoms with Gasteiger partial charge in [0.25, 0.3) is 0 Å². The van der Waals surface area contributed by atoms with Gasteiger partial charge in [0.1, 0.15) is 17.7 Å². The first kappa shape index (κ1) is 13.6. The van der Waals surface area contributed by atoms with Crippen molar-refractivity contribution >= 4 is 16.8 Å². The summed E-state index contributed by atoms with van der Waals surface area (Å²) in [5.41, 5.74) is 5.12. The monoisotopic (exact) mass is 282 g/mol. The third-order valence-corrected chi connectivity index (χ3v) is 3.36. The summed E-state index contributed by atoms with van der Waals surface area (Å²) in [6, 6.07) is 9.70. The molecule has 3 N–H and O–H groups in total. The van der Waals surface area contributed by atoms with E-state index >= 15 is 0 Å². The van der Waals surface area contributed by atoms with Crippen LogP contribution in [-0.2, 0) is 5.41 Å². The van der Waals surface area contributed by atoms with Gasteiger partial charge in [0.05, 0.1) is 11.3 Å². The van der Waals surface area contributed by atoms with Crippen LogP contribution in [0.5, 0.6) is 0 Å². The minimum Gasteiger partial charge on any atom is -0.464 e. The van der Waals surface area contributed by atoms with Crippen LogP contribution in [0.1, 0.15) is 26.5 Å². The highest BCUT2D eigenvalue weighted by molar-refractivity contribution is 5.92. The maximum Gasteiger partial charge on any atom is 0.165 e. The summed E-state index contributed by atoms with van der Waals surface area (Å²) < 4.78 is 5.57. The zero-order chi connectivity index (χ0) is 15.0. The Morgan fingerprint density at radius 1 is 1.14 bits per heavy atom. The number of nitrogens with two attached hydrogens (primary N) is 1. The number of hydrogen-bond donors (Lipinski definition) is 2. The quantitative estimate of drug-likeness (QED) is 0.556. The second-order valence-electron chi connectivity index (χ2n) is 6.00. The molecule has 3 aromatic rings. The summed E-state index contributed by atoms with van der Waals surface area (Å²) >= 11 is 0. The number of aromatic nitrogens is 2. The van der Waals surface area contributed by atoms with Crippen molar-refractivity contribution in [2.45, 2.75) is 26.2 Å². The largest absolute Gasteiger partial charge is 0.464 e. The zero-order valence-corrected chi connectivity index (χ0v) is 12.3. The van der Waals surface area contributed by atoms with Gasteiger partial charge in [-0.05, 0) is 6.07 Å². The number of hydrogen-bond acceptors (Lipinski definition) is 5. The maximum atomic E-state index is 5.57. The van der Waals surface area contributed by atoms with Crippen molar-refractivity contribution < 1.29 is 4.42 Å². The van der Waals surface area contributed by atoms with Crippen molar-refractivity contribution in [3.63, 3.8) is 0 Å². The molecule has 108 valence electrons. The van der Waals surface area contributed by atoms with Crippen molar-refractivity contribution in [1.82, 2.24) is 9.97 Å². The molecule has 0 aliphatic carbocycles. The van der Waals surface area contributed by atoms with Gasteiger partial charge in [-0.3, -0.25) is 0 Å². The minimum absolute atomic E-state index is 0.0944. The number of nitrogens with zero attached hydrogens (tertiary/aromatic N) is 2. The molecule has 0 radical (unpaired) electrons. The number of hydrazine groups is 1. The van der Waals surface area contributed by atoms with Gasteiger partial charge in [-0.15, -0.1) is 0 Å². The van der Waals surface area contributed by atoms with Crippen LogP contribution in [0.15, 0.2) is 41.0 Å². The molecule has 1 aromatic carbocycles. The summed E-state index contributed by atoms with van der Waals surface area (Å²) in [6.45, 7) is 6.31. The fraction of sp³-hybridized carbons (Fsp3) is 0.250. The fourth-order valence-electron chi connectivity index (χ4n) is 2.18. The predicted octanol–water partition coefficient (Wildman–Crippen LogP) is 3.47. The topological polar surface area (TPSA) is 77.0 Å². The molecule has 0 atom stereocenters. The number of benzene rings is 1. The number of para-hydroxylation sites is 1. The van der Waals surface area contributed by atoms with Crippen LogP contribution in [-0.4, -0.2) is 9.97 Å². The molecular formula is C16H18N4O. The lowest BCUT2D eigenvalue weighted by molar-refractivity contribution is 0.568. The van der Waals surface area contributed by atoms with Crippen LogP contribution in [0.25, 0.3) is 22.4 Å². The number of fused-ring (bicyclic) bond motifs is 1. The van der Waals surface area contributed by atoms with E-state index in [4.69, 9.17) is 10.3 Å².